The van der Waals surface area contributed by atoms with Gasteiger partial charge in [-0.3, -0.25) is 9.52 Å². The lowest BCUT2D eigenvalue weighted by molar-refractivity contribution is 0.0950. The highest BCUT2D eigenvalue weighted by molar-refractivity contribution is 7.92. The zero-order valence-electron chi connectivity index (χ0n) is 17.8. The highest BCUT2D eigenvalue weighted by Gasteiger charge is 2.19. The van der Waals surface area contributed by atoms with Crippen molar-refractivity contribution in [2.24, 2.45) is 0 Å². The summed E-state index contributed by atoms with van der Waals surface area (Å²) in [5, 5.41) is 2.85. The molecule has 1 aliphatic rings. The molecule has 3 aromatic carbocycles. The minimum Gasteiger partial charge on any atom is -0.486 e. The van der Waals surface area contributed by atoms with Crippen molar-refractivity contribution < 1.29 is 22.7 Å². The first-order valence-corrected chi connectivity index (χ1v) is 11.7. The van der Waals surface area contributed by atoms with Crippen LogP contribution in [0.1, 0.15) is 27.0 Å². The van der Waals surface area contributed by atoms with E-state index in [4.69, 9.17) is 9.47 Å². The molecule has 0 spiro atoms. The number of carbonyl (C=O) groups is 1. The molecule has 0 saturated heterocycles. The van der Waals surface area contributed by atoms with Gasteiger partial charge in [-0.05, 0) is 60.9 Å². The number of fused-ring (bicyclic) bond motifs is 1. The van der Waals surface area contributed by atoms with E-state index in [2.05, 4.69) is 10.0 Å². The molecular formula is C24H24N2O5S. The van der Waals surface area contributed by atoms with Crippen LogP contribution in [0, 0.1) is 13.8 Å². The lowest BCUT2D eigenvalue weighted by Crippen LogP contribution is -2.24. The first-order chi connectivity index (χ1) is 15.3. The van der Waals surface area contributed by atoms with Gasteiger partial charge in [0.25, 0.3) is 15.9 Å². The van der Waals surface area contributed by atoms with Gasteiger partial charge in [-0.25, -0.2) is 8.42 Å². The molecule has 8 heteroatoms. The Hall–Kier alpha value is -3.52. The Kier molecular flexibility index (Phi) is 6.05. The summed E-state index contributed by atoms with van der Waals surface area (Å²) >= 11 is 0. The number of rotatable bonds is 6. The molecule has 0 saturated carbocycles. The topological polar surface area (TPSA) is 93.7 Å². The molecule has 4 rings (SSSR count). The van der Waals surface area contributed by atoms with Crippen molar-refractivity contribution in [1.82, 2.24) is 5.32 Å². The van der Waals surface area contributed by atoms with E-state index in [9.17, 15) is 13.2 Å². The van der Waals surface area contributed by atoms with Crippen molar-refractivity contribution in [3.8, 4) is 11.5 Å². The van der Waals surface area contributed by atoms with Crippen LogP contribution in [0.4, 0.5) is 5.69 Å². The van der Waals surface area contributed by atoms with Crippen molar-refractivity contribution in [2.75, 3.05) is 17.9 Å². The van der Waals surface area contributed by atoms with Crippen LogP contribution in [0.25, 0.3) is 0 Å². The number of hydrogen-bond donors (Lipinski definition) is 2. The van der Waals surface area contributed by atoms with Crippen LogP contribution >= 0.6 is 0 Å². The second kappa shape index (κ2) is 8.92. The molecule has 1 amide bonds. The number of carbonyl (C=O) groups excluding carboxylic acids is 1. The van der Waals surface area contributed by atoms with Crippen molar-refractivity contribution in [1.29, 1.82) is 0 Å². The predicted octanol–water partition coefficient (Wildman–Crippen LogP) is 3.81. The van der Waals surface area contributed by atoms with Gasteiger partial charge in [0.05, 0.1) is 10.6 Å². The van der Waals surface area contributed by atoms with Gasteiger partial charge in [0.2, 0.25) is 0 Å². The molecule has 0 aromatic heterocycles. The molecular weight excluding hydrogens is 428 g/mol. The lowest BCUT2D eigenvalue weighted by Gasteiger charge is -2.19. The predicted molar refractivity (Wildman–Crippen MR) is 122 cm³/mol. The van der Waals surface area contributed by atoms with Gasteiger partial charge in [0, 0.05) is 12.1 Å². The lowest BCUT2D eigenvalue weighted by atomic mass is 10.1. The zero-order chi connectivity index (χ0) is 22.7. The molecule has 0 atom stereocenters. The standard InChI is InChI=1S/C24H24N2O5S/c1-16-7-9-19(32(28,29)26-21-6-4-3-5-17(21)2)14-20(16)24(27)25-15-18-8-10-22-23(13-18)31-12-11-30-22/h3-10,13-14,26H,11-12,15H2,1-2H3,(H,25,27). The molecule has 0 aliphatic carbocycles. The summed E-state index contributed by atoms with van der Waals surface area (Å²) in [6.07, 6.45) is 0. The zero-order valence-corrected chi connectivity index (χ0v) is 18.7. The summed E-state index contributed by atoms with van der Waals surface area (Å²) in [5.74, 6) is 0.973. The molecule has 1 heterocycles. The second-order valence-electron chi connectivity index (χ2n) is 7.56. The van der Waals surface area contributed by atoms with Crippen LogP contribution < -0.4 is 19.5 Å². The van der Waals surface area contributed by atoms with Gasteiger partial charge in [0.15, 0.2) is 11.5 Å². The van der Waals surface area contributed by atoms with Crippen LogP contribution in [0.15, 0.2) is 65.6 Å². The highest BCUT2D eigenvalue weighted by atomic mass is 32.2. The Morgan fingerprint density at radius 3 is 2.44 bits per heavy atom. The van der Waals surface area contributed by atoms with Crippen molar-refractivity contribution in [2.45, 2.75) is 25.3 Å². The molecule has 7 nitrogen and oxygen atoms in total. The van der Waals surface area contributed by atoms with Crippen LogP contribution in [-0.2, 0) is 16.6 Å². The average molecular weight is 453 g/mol. The van der Waals surface area contributed by atoms with Gasteiger partial charge in [-0.2, -0.15) is 0 Å². The SMILES string of the molecule is Cc1ccccc1NS(=O)(=O)c1ccc(C)c(C(=O)NCc2ccc3c(c2)OCCO3)c1. The summed E-state index contributed by atoms with van der Waals surface area (Å²) in [6, 6.07) is 17.1. The van der Waals surface area contributed by atoms with Gasteiger partial charge < -0.3 is 14.8 Å². The number of amides is 1. The largest absolute Gasteiger partial charge is 0.486 e. The molecule has 32 heavy (non-hydrogen) atoms. The Balaban J connectivity index is 1.50. The van der Waals surface area contributed by atoms with E-state index in [-0.39, 0.29) is 17.3 Å². The number of aryl methyl sites for hydroxylation is 2. The first-order valence-electron chi connectivity index (χ1n) is 10.2. The third-order valence-electron chi connectivity index (χ3n) is 5.21. The van der Waals surface area contributed by atoms with E-state index in [0.717, 1.165) is 11.1 Å². The maximum atomic E-state index is 12.9. The Morgan fingerprint density at radius 1 is 0.906 bits per heavy atom. The van der Waals surface area contributed by atoms with E-state index >= 15 is 0 Å². The van der Waals surface area contributed by atoms with E-state index in [1.165, 1.54) is 12.1 Å². The number of nitrogens with one attached hydrogen (secondary N) is 2. The number of para-hydroxylation sites is 1. The van der Waals surface area contributed by atoms with E-state index in [1.54, 1.807) is 25.1 Å². The van der Waals surface area contributed by atoms with Crippen LogP contribution in [-0.4, -0.2) is 27.5 Å². The summed E-state index contributed by atoms with van der Waals surface area (Å²) in [6.45, 7) is 4.86. The maximum Gasteiger partial charge on any atom is 0.261 e. The van der Waals surface area contributed by atoms with Gasteiger partial charge in [0.1, 0.15) is 13.2 Å². The molecule has 0 radical (unpaired) electrons. The van der Waals surface area contributed by atoms with Crippen molar-refractivity contribution >= 4 is 21.6 Å². The maximum absolute atomic E-state index is 12.9. The van der Waals surface area contributed by atoms with E-state index in [1.807, 2.05) is 37.3 Å². The number of sulfonamides is 1. The molecule has 2 N–H and O–H groups in total. The Morgan fingerprint density at radius 2 is 1.66 bits per heavy atom. The molecule has 0 unspecified atom stereocenters. The summed E-state index contributed by atoms with van der Waals surface area (Å²) in [4.78, 5) is 12.9. The Bertz CT molecular complexity index is 1270. The molecule has 3 aromatic rings. The Labute approximate surface area is 187 Å². The summed E-state index contributed by atoms with van der Waals surface area (Å²) < 4.78 is 39.4. The number of anilines is 1. The minimum absolute atomic E-state index is 0.0239. The van der Waals surface area contributed by atoms with Gasteiger partial charge >= 0.3 is 0 Å². The fourth-order valence-electron chi connectivity index (χ4n) is 3.38. The highest BCUT2D eigenvalue weighted by Crippen LogP contribution is 2.30. The number of ether oxygens (including phenoxy) is 2. The fourth-order valence-corrected chi connectivity index (χ4v) is 4.54. The third kappa shape index (κ3) is 4.70. The normalized spacial score (nSPS) is 12.8. The van der Waals surface area contributed by atoms with Crippen LogP contribution in [0.2, 0.25) is 0 Å². The smallest absolute Gasteiger partial charge is 0.261 e. The molecule has 166 valence electrons. The summed E-state index contributed by atoms with van der Waals surface area (Å²) in [7, 11) is -3.85. The van der Waals surface area contributed by atoms with E-state index < -0.39 is 10.0 Å². The molecule has 1 aliphatic heterocycles. The average Bonchev–Trinajstić information content (AvgIpc) is 2.79. The molecule has 0 bridgehead atoms. The monoisotopic (exact) mass is 452 g/mol. The van der Waals surface area contributed by atoms with Crippen molar-refractivity contribution in [3.63, 3.8) is 0 Å². The van der Waals surface area contributed by atoms with E-state index in [0.29, 0.717) is 41.5 Å². The summed E-state index contributed by atoms with van der Waals surface area (Å²) in [5.41, 5.74) is 3.14. The van der Waals surface area contributed by atoms with Crippen LogP contribution in [0.5, 0.6) is 11.5 Å². The number of hydrogen-bond acceptors (Lipinski definition) is 5. The van der Waals surface area contributed by atoms with Crippen LogP contribution in [0.3, 0.4) is 0 Å². The van der Waals surface area contributed by atoms with Gasteiger partial charge in [-0.1, -0.05) is 30.3 Å². The van der Waals surface area contributed by atoms with Gasteiger partial charge in [-0.15, -0.1) is 0 Å². The third-order valence-corrected chi connectivity index (χ3v) is 6.58. The second-order valence-corrected chi connectivity index (χ2v) is 9.24. The fraction of sp³-hybridized carbons (Fsp3) is 0.208. The quantitative estimate of drug-likeness (QED) is 0.593. The number of benzene rings is 3. The van der Waals surface area contributed by atoms with Crippen molar-refractivity contribution in [3.05, 3.63) is 82.9 Å². The molecule has 0 fully saturated rings. The minimum atomic E-state index is -3.85. The first kappa shape index (κ1) is 21.7.